The average molecular weight is 212 g/mol. The molecule has 2 unspecified atom stereocenters. The highest BCUT2D eigenvalue weighted by Crippen LogP contribution is 2.14. The van der Waals surface area contributed by atoms with Crippen molar-refractivity contribution < 1.29 is 9.53 Å². The maximum absolute atomic E-state index is 11.1. The highest BCUT2D eigenvalue weighted by molar-refractivity contribution is 5.75. The Morgan fingerprint density at radius 3 is 2.73 bits per heavy atom. The van der Waals surface area contributed by atoms with Gasteiger partial charge in [0.05, 0.1) is 12.2 Å². The topological polar surface area (TPSA) is 55.7 Å². The summed E-state index contributed by atoms with van der Waals surface area (Å²) in [4.78, 5) is 13.4. The molecule has 2 saturated heterocycles. The SMILES string of the molecule is CNC(=O)CCN1CC2C[N]CC(C1)O2. The van der Waals surface area contributed by atoms with Crippen LogP contribution in [0.2, 0.25) is 0 Å². The maximum atomic E-state index is 11.1. The van der Waals surface area contributed by atoms with Crippen molar-refractivity contribution in [1.82, 2.24) is 15.5 Å². The molecule has 0 spiro atoms. The Balaban J connectivity index is 1.76. The molecule has 1 amide bonds. The third-order valence-electron chi connectivity index (χ3n) is 2.91. The van der Waals surface area contributed by atoms with Crippen LogP contribution in [-0.2, 0) is 9.53 Å². The normalized spacial score (nSPS) is 31.3. The van der Waals surface area contributed by atoms with Gasteiger partial charge in [-0.1, -0.05) is 0 Å². The van der Waals surface area contributed by atoms with Gasteiger partial charge in [-0.3, -0.25) is 9.69 Å². The standard InChI is InChI=1S/C10H18N3O2/c1-11-10(14)2-3-13-6-8-4-12-5-9(7-13)15-8/h8-9H,2-7H2,1H3,(H,11,14). The number of carbonyl (C=O) groups excluding carboxylic acids is 1. The van der Waals surface area contributed by atoms with Crippen LogP contribution in [-0.4, -0.2) is 62.8 Å². The predicted octanol–water partition coefficient (Wildman–Crippen LogP) is -1.19. The molecule has 5 nitrogen and oxygen atoms in total. The number of fused-ring (bicyclic) bond motifs is 2. The zero-order valence-corrected chi connectivity index (χ0v) is 9.11. The quantitative estimate of drug-likeness (QED) is 0.640. The van der Waals surface area contributed by atoms with E-state index < -0.39 is 0 Å². The number of nitrogens with one attached hydrogen (secondary N) is 1. The second-order valence-electron chi connectivity index (χ2n) is 4.15. The van der Waals surface area contributed by atoms with E-state index in [9.17, 15) is 4.79 Å². The maximum Gasteiger partial charge on any atom is 0.221 e. The van der Waals surface area contributed by atoms with Crippen molar-refractivity contribution in [2.75, 3.05) is 39.8 Å². The van der Waals surface area contributed by atoms with Gasteiger partial charge < -0.3 is 10.1 Å². The summed E-state index contributed by atoms with van der Waals surface area (Å²) < 4.78 is 5.75. The van der Waals surface area contributed by atoms with Gasteiger partial charge in [-0.15, -0.1) is 0 Å². The largest absolute Gasteiger partial charge is 0.370 e. The van der Waals surface area contributed by atoms with E-state index in [0.29, 0.717) is 6.42 Å². The smallest absolute Gasteiger partial charge is 0.221 e. The molecular weight excluding hydrogens is 194 g/mol. The Bertz CT molecular complexity index is 223. The van der Waals surface area contributed by atoms with Crippen LogP contribution < -0.4 is 10.6 Å². The number of ether oxygens (including phenoxy) is 1. The van der Waals surface area contributed by atoms with E-state index in [4.69, 9.17) is 4.74 Å². The van der Waals surface area contributed by atoms with Gasteiger partial charge in [-0.05, 0) is 0 Å². The summed E-state index contributed by atoms with van der Waals surface area (Å²) in [6.45, 7) is 4.28. The van der Waals surface area contributed by atoms with Crippen molar-refractivity contribution >= 4 is 5.91 Å². The molecule has 2 bridgehead atoms. The fourth-order valence-corrected chi connectivity index (χ4v) is 2.14. The lowest BCUT2D eigenvalue weighted by Crippen LogP contribution is -2.56. The van der Waals surface area contributed by atoms with Gasteiger partial charge >= 0.3 is 0 Å². The van der Waals surface area contributed by atoms with Crippen LogP contribution in [0, 0.1) is 0 Å². The van der Waals surface area contributed by atoms with E-state index in [1.165, 1.54) is 0 Å². The number of hydrogen-bond donors (Lipinski definition) is 1. The molecule has 2 aliphatic heterocycles. The number of rotatable bonds is 3. The van der Waals surface area contributed by atoms with Crippen molar-refractivity contribution in [3.63, 3.8) is 0 Å². The van der Waals surface area contributed by atoms with Crippen LogP contribution in [0.1, 0.15) is 6.42 Å². The fraction of sp³-hybridized carbons (Fsp3) is 0.900. The summed E-state index contributed by atoms with van der Waals surface area (Å²) in [5, 5.41) is 7.02. The van der Waals surface area contributed by atoms with Gasteiger partial charge in [0, 0.05) is 46.2 Å². The third-order valence-corrected chi connectivity index (χ3v) is 2.91. The molecule has 2 heterocycles. The number of amides is 1. The molecule has 2 fully saturated rings. The summed E-state index contributed by atoms with van der Waals surface area (Å²) in [7, 11) is 1.68. The Kier molecular flexibility index (Phi) is 3.56. The molecule has 1 radical (unpaired) electrons. The van der Waals surface area contributed by atoms with E-state index in [-0.39, 0.29) is 18.1 Å². The van der Waals surface area contributed by atoms with Crippen molar-refractivity contribution in [3.8, 4) is 0 Å². The zero-order valence-electron chi connectivity index (χ0n) is 9.11. The summed E-state index contributed by atoms with van der Waals surface area (Å²) >= 11 is 0. The van der Waals surface area contributed by atoms with Gasteiger partial charge in [0.2, 0.25) is 5.91 Å². The Morgan fingerprint density at radius 2 is 2.13 bits per heavy atom. The second kappa shape index (κ2) is 4.92. The molecule has 0 aromatic carbocycles. The first kappa shape index (κ1) is 10.9. The van der Waals surface area contributed by atoms with Crippen LogP contribution in [0.4, 0.5) is 0 Å². The molecule has 85 valence electrons. The Morgan fingerprint density at radius 1 is 1.47 bits per heavy atom. The predicted molar refractivity (Wildman–Crippen MR) is 55.7 cm³/mol. The van der Waals surface area contributed by atoms with Gasteiger partial charge in [-0.25, -0.2) is 5.32 Å². The molecule has 15 heavy (non-hydrogen) atoms. The van der Waals surface area contributed by atoms with Crippen LogP contribution in [0.3, 0.4) is 0 Å². The number of nitrogens with zero attached hydrogens (tertiary/aromatic N) is 2. The summed E-state index contributed by atoms with van der Waals surface area (Å²) in [5.41, 5.74) is 0. The first-order valence-corrected chi connectivity index (χ1v) is 5.49. The van der Waals surface area contributed by atoms with Crippen molar-refractivity contribution in [2.45, 2.75) is 18.6 Å². The Hall–Kier alpha value is -0.650. The van der Waals surface area contributed by atoms with E-state index in [1.807, 2.05) is 0 Å². The summed E-state index contributed by atoms with van der Waals surface area (Å²) in [6.07, 6.45) is 1.08. The highest BCUT2D eigenvalue weighted by atomic mass is 16.5. The minimum atomic E-state index is 0.108. The molecule has 0 aliphatic carbocycles. The van der Waals surface area contributed by atoms with Crippen LogP contribution >= 0.6 is 0 Å². The van der Waals surface area contributed by atoms with Crippen molar-refractivity contribution in [1.29, 1.82) is 0 Å². The monoisotopic (exact) mass is 212 g/mol. The molecule has 5 heteroatoms. The molecule has 2 rings (SSSR count). The van der Waals surface area contributed by atoms with Gasteiger partial charge in [-0.2, -0.15) is 0 Å². The van der Waals surface area contributed by atoms with E-state index in [2.05, 4.69) is 15.5 Å². The van der Waals surface area contributed by atoms with Gasteiger partial charge in [0.1, 0.15) is 0 Å². The lowest BCUT2D eigenvalue weighted by molar-refractivity contribution is -0.123. The van der Waals surface area contributed by atoms with Gasteiger partial charge in [0.25, 0.3) is 0 Å². The molecule has 0 aromatic rings. The Labute approximate surface area is 90.1 Å². The highest BCUT2D eigenvalue weighted by Gasteiger charge is 2.31. The molecular formula is C10H18N3O2. The van der Waals surface area contributed by atoms with Crippen molar-refractivity contribution in [3.05, 3.63) is 0 Å². The first-order valence-electron chi connectivity index (χ1n) is 5.49. The zero-order chi connectivity index (χ0) is 10.7. The van der Waals surface area contributed by atoms with Crippen LogP contribution in [0.5, 0.6) is 0 Å². The molecule has 0 aromatic heterocycles. The van der Waals surface area contributed by atoms with Crippen molar-refractivity contribution in [2.24, 2.45) is 0 Å². The van der Waals surface area contributed by atoms with E-state index >= 15 is 0 Å². The molecule has 0 saturated carbocycles. The minimum Gasteiger partial charge on any atom is -0.370 e. The number of carbonyl (C=O) groups is 1. The van der Waals surface area contributed by atoms with Crippen LogP contribution in [0.25, 0.3) is 0 Å². The number of hydrogen-bond acceptors (Lipinski definition) is 3. The first-order chi connectivity index (χ1) is 7.28. The van der Waals surface area contributed by atoms with E-state index in [1.54, 1.807) is 7.05 Å². The lowest BCUT2D eigenvalue weighted by atomic mass is 10.1. The summed E-state index contributed by atoms with van der Waals surface area (Å²) in [6, 6.07) is 0. The lowest BCUT2D eigenvalue weighted by Gasteiger charge is -2.41. The number of morpholine rings is 2. The van der Waals surface area contributed by atoms with Gasteiger partial charge in [0.15, 0.2) is 0 Å². The van der Waals surface area contributed by atoms with E-state index in [0.717, 1.165) is 32.7 Å². The fourth-order valence-electron chi connectivity index (χ4n) is 2.14. The summed E-state index contributed by atoms with van der Waals surface area (Å²) in [5.74, 6) is 0.108. The van der Waals surface area contributed by atoms with Crippen LogP contribution in [0.15, 0.2) is 0 Å². The third kappa shape index (κ3) is 2.90. The molecule has 2 atom stereocenters. The average Bonchev–Trinajstić information content (AvgIpc) is 2.25. The minimum absolute atomic E-state index is 0.108. The molecule has 1 N–H and O–H groups in total. The second-order valence-corrected chi connectivity index (χ2v) is 4.15. The molecule has 2 aliphatic rings.